The Kier molecular flexibility index (Phi) is 4.67. The highest BCUT2D eigenvalue weighted by Gasteiger charge is 2.43. The van der Waals surface area contributed by atoms with E-state index in [9.17, 15) is 0 Å². The van der Waals surface area contributed by atoms with Crippen molar-refractivity contribution in [2.45, 2.75) is 57.7 Å². The van der Waals surface area contributed by atoms with Crippen molar-refractivity contribution < 1.29 is 0 Å². The minimum absolute atomic E-state index is 0.299. The Morgan fingerprint density at radius 1 is 1.33 bits per heavy atom. The average Bonchev–Trinajstić information content (AvgIpc) is 3.32. The molecule has 1 aromatic rings. The van der Waals surface area contributed by atoms with Crippen LogP contribution < -0.4 is 5.32 Å². The fraction of sp³-hybridized carbons (Fsp3) is 0.706. The number of halogens is 1. The standard InChI is InChI=1S/C17H26BrN3/c1-3-17(4-2)12-20-16(14-5-6-14)11-21(17)10-13-7-15(18)9-19-8-13/h7-9,14,16,20H,3-6,10-12H2,1-2H3. The van der Waals surface area contributed by atoms with Crippen molar-refractivity contribution in [3.63, 3.8) is 0 Å². The maximum Gasteiger partial charge on any atom is 0.0410 e. The molecule has 2 heterocycles. The van der Waals surface area contributed by atoms with E-state index >= 15 is 0 Å². The van der Waals surface area contributed by atoms with Crippen LogP contribution in [0.4, 0.5) is 0 Å². The molecule has 2 aliphatic rings. The van der Waals surface area contributed by atoms with Crippen LogP contribution in [-0.4, -0.2) is 34.6 Å². The summed E-state index contributed by atoms with van der Waals surface area (Å²) in [5, 5.41) is 3.83. The van der Waals surface area contributed by atoms with Gasteiger partial charge >= 0.3 is 0 Å². The monoisotopic (exact) mass is 351 g/mol. The highest BCUT2D eigenvalue weighted by molar-refractivity contribution is 9.10. The molecule has 0 aromatic carbocycles. The molecule has 0 bridgehead atoms. The lowest BCUT2D eigenvalue weighted by Gasteiger charge is -2.50. The molecular weight excluding hydrogens is 326 g/mol. The van der Waals surface area contributed by atoms with Crippen molar-refractivity contribution in [1.82, 2.24) is 15.2 Å². The third kappa shape index (κ3) is 3.33. The number of pyridine rings is 1. The topological polar surface area (TPSA) is 28.2 Å². The molecule has 4 heteroatoms. The number of nitrogens with zero attached hydrogens (tertiary/aromatic N) is 2. The Balaban J connectivity index is 1.78. The summed E-state index contributed by atoms with van der Waals surface area (Å²) in [4.78, 5) is 7.04. The fourth-order valence-corrected chi connectivity index (χ4v) is 4.10. The summed E-state index contributed by atoms with van der Waals surface area (Å²) in [5.41, 5.74) is 1.61. The second-order valence-corrected chi connectivity index (χ2v) is 7.56. The van der Waals surface area contributed by atoms with Crippen molar-refractivity contribution in [2.24, 2.45) is 5.92 Å². The fourth-order valence-electron chi connectivity index (χ4n) is 3.69. The van der Waals surface area contributed by atoms with Crippen LogP contribution in [0.15, 0.2) is 22.9 Å². The Hall–Kier alpha value is -0.450. The zero-order valence-electron chi connectivity index (χ0n) is 13.1. The summed E-state index contributed by atoms with van der Waals surface area (Å²) in [6.45, 7) is 7.98. The quantitative estimate of drug-likeness (QED) is 0.878. The minimum Gasteiger partial charge on any atom is -0.311 e. The summed E-state index contributed by atoms with van der Waals surface area (Å²) in [6.07, 6.45) is 9.10. The van der Waals surface area contributed by atoms with Gasteiger partial charge in [0.25, 0.3) is 0 Å². The molecule has 1 atom stereocenters. The highest BCUT2D eigenvalue weighted by atomic mass is 79.9. The third-order valence-corrected chi connectivity index (χ3v) is 5.86. The molecule has 2 fully saturated rings. The van der Waals surface area contributed by atoms with Gasteiger partial charge in [-0.2, -0.15) is 0 Å². The predicted octanol–water partition coefficient (Wildman–Crippen LogP) is 3.59. The van der Waals surface area contributed by atoms with Crippen LogP contribution in [0, 0.1) is 5.92 Å². The third-order valence-electron chi connectivity index (χ3n) is 5.42. The molecule has 1 N–H and O–H groups in total. The van der Waals surface area contributed by atoms with Crippen LogP contribution in [0.2, 0.25) is 0 Å². The summed E-state index contributed by atoms with van der Waals surface area (Å²) in [5.74, 6) is 0.917. The first-order valence-electron chi connectivity index (χ1n) is 8.24. The molecule has 1 saturated carbocycles. The lowest BCUT2D eigenvalue weighted by atomic mass is 9.86. The van der Waals surface area contributed by atoms with Crippen molar-refractivity contribution >= 4 is 15.9 Å². The van der Waals surface area contributed by atoms with E-state index in [2.05, 4.69) is 51.0 Å². The summed E-state index contributed by atoms with van der Waals surface area (Å²) in [7, 11) is 0. The van der Waals surface area contributed by atoms with Crippen molar-refractivity contribution in [3.05, 3.63) is 28.5 Å². The lowest BCUT2D eigenvalue weighted by molar-refractivity contribution is 0.0202. The molecule has 1 unspecified atom stereocenters. The molecule has 3 nitrogen and oxygen atoms in total. The number of hydrogen-bond acceptors (Lipinski definition) is 3. The van der Waals surface area contributed by atoms with Gasteiger partial charge in [-0.05, 0) is 59.2 Å². The largest absolute Gasteiger partial charge is 0.311 e. The van der Waals surface area contributed by atoms with E-state index < -0.39 is 0 Å². The SMILES string of the molecule is CCC1(CC)CNC(C2CC2)CN1Cc1cncc(Br)c1. The summed E-state index contributed by atoms with van der Waals surface area (Å²) < 4.78 is 1.08. The molecule has 1 aliphatic carbocycles. The molecule has 0 spiro atoms. The second kappa shape index (κ2) is 6.35. The predicted molar refractivity (Wildman–Crippen MR) is 90.2 cm³/mol. The maximum atomic E-state index is 4.33. The minimum atomic E-state index is 0.299. The number of aromatic nitrogens is 1. The molecule has 0 radical (unpaired) electrons. The van der Waals surface area contributed by atoms with Gasteiger partial charge in [-0.15, -0.1) is 0 Å². The van der Waals surface area contributed by atoms with Crippen LogP contribution in [0.25, 0.3) is 0 Å². The van der Waals surface area contributed by atoms with E-state index in [0.29, 0.717) is 11.6 Å². The van der Waals surface area contributed by atoms with Gasteiger partial charge in [0.2, 0.25) is 0 Å². The first-order chi connectivity index (χ1) is 10.2. The van der Waals surface area contributed by atoms with E-state index in [4.69, 9.17) is 0 Å². The Morgan fingerprint density at radius 3 is 2.71 bits per heavy atom. The van der Waals surface area contributed by atoms with Crippen LogP contribution in [0.1, 0.15) is 45.1 Å². The van der Waals surface area contributed by atoms with Crippen molar-refractivity contribution in [2.75, 3.05) is 13.1 Å². The summed E-state index contributed by atoms with van der Waals surface area (Å²) in [6, 6.07) is 2.90. The molecule has 0 amide bonds. The number of piperazine rings is 1. The van der Waals surface area contributed by atoms with E-state index in [0.717, 1.165) is 23.5 Å². The Bertz CT molecular complexity index is 483. The zero-order chi connectivity index (χ0) is 14.9. The Morgan fingerprint density at radius 2 is 2.10 bits per heavy atom. The van der Waals surface area contributed by atoms with Crippen molar-refractivity contribution in [3.8, 4) is 0 Å². The second-order valence-electron chi connectivity index (χ2n) is 6.65. The van der Waals surface area contributed by atoms with Gasteiger partial charge in [-0.3, -0.25) is 9.88 Å². The Labute approximate surface area is 136 Å². The number of hydrogen-bond donors (Lipinski definition) is 1. The van der Waals surface area contributed by atoms with Crippen LogP contribution >= 0.6 is 15.9 Å². The van der Waals surface area contributed by atoms with Crippen molar-refractivity contribution in [1.29, 1.82) is 0 Å². The van der Waals surface area contributed by atoms with Gasteiger partial charge < -0.3 is 5.32 Å². The van der Waals surface area contributed by atoms with Gasteiger partial charge in [0.1, 0.15) is 0 Å². The van der Waals surface area contributed by atoms with Gasteiger partial charge in [0.05, 0.1) is 0 Å². The first-order valence-corrected chi connectivity index (χ1v) is 9.04. The molecule has 1 saturated heterocycles. The van der Waals surface area contributed by atoms with E-state index in [1.165, 1.54) is 37.8 Å². The van der Waals surface area contributed by atoms with E-state index in [-0.39, 0.29) is 0 Å². The zero-order valence-corrected chi connectivity index (χ0v) is 14.7. The van der Waals surface area contributed by atoms with Gasteiger partial charge in [-0.25, -0.2) is 0 Å². The molecule has 1 aromatic heterocycles. The number of rotatable bonds is 5. The lowest BCUT2D eigenvalue weighted by Crippen LogP contribution is -2.64. The smallest absolute Gasteiger partial charge is 0.0410 e. The molecule has 21 heavy (non-hydrogen) atoms. The maximum absolute atomic E-state index is 4.33. The van der Waals surface area contributed by atoms with Crippen LogP contribution in [0.3, 0.4) is 0 Å². The first kappa shape index (κ1) is 15.4. The highest BCUT2D eigenvalue weighted by Crippen LogP contribution is 2.37. The van der Waals surface area contributed by atoms with Gasteiger partial charge in [0, 0.05) is 48.1 Å². The van der Waals surface area contributed by atoms with Crippen LogP contribution in [0.5, 0.6) is 0 Å². The molecule has 116 valence electrons. The molecule has 1 aliphatic heterocycles. The normalized spacial score (nSPS) is 26.0. The van der Waals surface area contributed by atoms with E-state index in [1.54, 1.807) is 0 Å². The summed E-state index contributed by atoms with van der Waals surface area (Å²) >= 11 is 3.54. The molecular formula is C17H26BrN3. The average molecular weight is 352 g/mol. The van der Waals surface area contributed by atoms with Gasteiger partial charge in [-0.1, -0.05) is 13.8 Å². The van der Waals surface area contributed by atoms with Gasteiger partial charge in [0.15, 0.2) is 0 Å². The van der Waals surface area contributed by atoms with Crippen LogP contribution in [-0.2, 0) is 6.54 Å². The van der Waals surface area contributed by atoms with E-state index in [1.807, 2.05) is 12.4 Å². The molecule has 3 rings (SSSR count). The number of nitrogens with one attached hydrogen (secondary N) is 1.